The quantitative estimate of drug-likeness (QED) is 0.859. The molecule has 1 aliphatic heterocycles. The minimum absolute atomic E-state index is 0.00183. The normalized spacial score (nSPS) is 19.7. The van der Waals surface area contributed by atoms with Crippen molar-refractivity contribution >= 4 is 11.8 Å². The Balaban J connectivity index is 1.55. The van der Waals surface area contributed by atoms with E-state index in [0.29, 0.717) is 0 Å². The molecule has 1 saturated carbocycles. The molecule has 24 heavy (non-hydrogen) atoms. The second-order valence-corrected chi connectivity index (χ2v) is 6.68. The lowest BCUT2D eigenvalue weighted by atomic mass is 9.95. The second-order valence-electron chi connectivity index (χ2n) is 6.68. The average Bonchev–Trinajstić information content (AvgIpc) is 3.42. The highest BCUT2D eigenvalue weighted by Gasteiger charge is 2.51. The Labute approximate surface area is 142 Å². The Morgan fingerprint density at radius 2 is 1.75 bits per heavy atom. The number of nitrogens with one attached hydrogen (secondary N) is 1. The Bertz CT molecular complexity index is 602. The third-order valence-corrected chi connectivity index (χ3v) is 5.08. The molecule has 0 spiro atoms. The molecule has 0 radical (unpaired) electrons. The van der Waals surface area contributed by atoms with Gasteiger partial charge in [-0.25, -0.2) is 0 Å². The first-order chi connectivity index (χ1) is 11.5. The summed E-state index contributed by atoms with van der Waals surface area (Å²) in [5, 5.41) is 2.85. The van der Waals surface area contributed by atoms with E-state index in [4.69, 9.17) is 4.74 Å². The van der Waals surface area contributed by atoms with E-state index < -0.39 is 5.41 Å². The summed E-state index contributed by atoms with van der Waals surface area (Å²) in [7, 11) is 3.67. The van der Waals surface area contributed by atoms with Crippen molar-refractivity contribution in [1.82, 2.24) is 15.1 Å². The third-order valence-electron chi connectivity index (χ3n) is 5.08. The zero-order valence-corrected chi connectivity index (χ0v) is 14.4. The van der Waals surface area contributed by atoms with Crippen LogP contribution in [0.1, 0.15) is 18.4 Å². The van der Waals surface area contributed by atoms with Gasteiger partial charge in [0.2, 0.25) is 11.8 Å². The average molecular weight is 331 g/mol. The molecule has 0 unspecified atom stereocenters. The summed E-state index contributed by atoms with van der Waals surface area (Å²) in [5.41, 5.74) is 0.530. The number of hydrogen-bond acceptors (Lipinski definition) is 4. The fraction of sp³-hybridized carbons (Fsp3) is 0.556. The van der Waals surface area contributed by atoms with Gasteiger partial charge in [-0.15, -0.1) is 0 Å². The minimum Gasteiger partial charge on any atom is -0.497 e. The first-order valence-corrected chi connectivity index (χ1v) is 8.44. The van der Waals surface area contributed by atoms with Gasteiger partial charge in [-0.2, -0.15) is 0 Å². The van der Waals surface area contributed by atoms with E-state index in [-0.39, 0.29) is 18.4 Å². The molecule has 1 heterocycles. The standard InChI is InChI=1S/C18H25N3O3/c1-20-9-11-21(12-10-20)16(22)13-19-17(23)18(7-8-18)14-3-5-15(24-2)6-4-14/h3-6H,7-13H2,1-2H3,(H,19,23). The van der Waals surface area contributed by atoms with Gasteiger partial charge in [0, 0.05) is 26.2 Å². The molecule has 2 fully saturated rings. The van der Waals surface area contributed by atoms with Crippen LogP contribution in [0.3, 0.4) is 0 Å². The van der Waals surface area contributed by atoms with Gasteiger partial charge in [-0.05, 0) is 37.6 Å². The molecule has 6 heteroatoms. The van der Waals surface area contributed by atoms with Crippen molar-refractivity contribution in [2.24, 2.45) is 0 Å². The fourth-order valence-electron chi connectivity index (χ4n) is 3.17. The summed E-state index contributed by atoms with van der Waals surface area (Å²) in [4.78, 5) is 28.9. The molecule has 130 valence electrons. The number of amides is 2. The van der Waals surface area contributed by atoms with Crippen molar-refractivity contribution < 1.29 is 14.3 Å². The van der Waals surface area contributed by atoms with Crippen LogP contribution in [0, 0.1) is 0 Å². The van der Waals surface area contributed by atoms with Crippen LogP contribution in [0.2, 0.25) is 0 Å². The van der Waals surface area contributed by atoms with Crippen molar-refractivity contribution in [3.63, 3.8) is 0 Å². The van der Waals surface area contributed by atoms with Crippen molar-refractivity contribution in [2.45, 2.75) is 18.3 Å². The fourth-order valence-corrected chi connectivity index (χ4v) is 3.17. The van der Waals surface area contributed by atoms with Gasteiger partial charge in [-0.1, -0.05) is 12.1 Å². The Morgan fingerprint density at radius 1 is 1.12 bits per heavy atom. The number of benzene rings is 1. The smallest absolute Gasteiger partial charge is 0.242 e. The summed E-state index contributed by atoms with van der Waals surface area (Å²) in [6.45, 7) is 3.31. The molecule has 1 saturated heterocycles. The molecule has 0 bridgehead atoms. The number of ether oxygens (including phenoxy) is 1. The van der Waals surface area contributed by atoms with Gasteiger partial charge >= 0.3 is 0 Å². The summed E-state index contributed by atoms with van der Waals surface area (Å²) in [5.74, 6) is 0.734. The van der Waals surface area contributed by atoms with Crippen molar-refractivity contribution in [3.8, 4) is 5.75 Å². The van der Waals surface area contributed by atoms with Gasteiger partial charge in [0.25, 0.3) is 0 Å². The largest absolute Gasteiger partial charge is 0.497 e. The molecule has 1 aromatic rings. The van der Waals surface area contributed by atoms with Crippen LogP contribution in [0.5, 0.6) is 5.75 Å². The van der Waals surface area contributed by atoms with Gasteiger partial charge in [0.05, 0.1) is 19.1 Å². The number of likely N-dealkylation sites (N-methyl/N-ethyl adjacent to an activating group) is 1. The van der Waals surface area contributed by atoms with Crippen LogP contribution in [-0.2, 0) is 15.0 Å². The lowest BCUT2D eigenvalue weighted by Crippen LogP contribution is -2.50. The Kier molecular flexibility index (Phi) is 4.76. The number of nitrogens with zero attached hydrogens (tertiary/aromatic N) is 2. The van der Waals surface area contributed by atoms with Gasteiger partial charge in [0.15, 0.2) is 0 Å². The monoisotopic (exact) mass is 331 g/mol. The molecule has 2 amide bonds. The first kappa shape index (κ1) is 16.8. The van der Waals surface area contributed by atoms with Gasteiger partial charge < -0.3 is 19.9 Å². The van der Waals surface area contributed by atoms with E-state index in [1.54, 1.807) is 7.11 Å². The number of carbonyl (C=O) groups is 2. The molecule has 3 rings (SSSR count). The van der Waals surface area contributed by atoms with E-state index in [1.165, 1.54) is 0 Å². The summed E-state index contributed by atoms with van der Waals surface area (Å²) < 4.78 is 5.16. The zero-order chi connectivity index (χ0) is 17.2. The van der Waals surface area contributed by atoms with Crippen LogP contribution in [0.4, 0.5) is 0 Å². The maximum absolute atomic E-state index is 12.6. The molecule has 0 atom stereocenters. The topological polar surface area (TPSA) is 61.9 Å². The Hall–Kier alpha value is -2.08. The summed E-state index contributed by atoms with van der Waals surface area (Å²) >= 11 is 0. The number of piperazine rings is 1. The van der Waals surface area contributed by atoms with E-state index in [2.05, 4.69) is 17.3 Å². The summed E-state index contributed by atoms with van der Waals surface area (Å²) in [6, 6.07) is 7.62. The van der Waals surface area contributed by atoms with Crippen molar-refractivity contribution in [1.29, 1.82) is 0 Å². The predicted octanol–water partition coefficient (Wildman–Crippen LogP) is 0.617. The van der Waals surface area contributed by atoms with Crippen LogP contribution >= 0.6 is 0 Å². The second kappa shape index (κ2) is 6.81. The van der Waals surface area contributed by atoms with Crippen LogP contribution < -0.4 is 10.1 Å². The molecular weight excluding hydrogens is 306 g/mol. The van der Waals surface area contributed by atoms with Gasteiger partial charge in [-0.3, -0.25) is 9.59 Å². The van der Waals surface area contributed by atoms with Crippen LogP contribution in [0.25, 0.3) is 0 Å². The number of hydrogen-bond donors (Lipinski definition) is 1. The maximum atomic E-state index is 12.6. The van der Waals surface area contributed by atoms with E-state index in [9.17, 15) is 9.59 Å². The highest BCUT2D eigenvalue weighted by Crippen LogP contribution is 2.48. The third kappa shape index (κ3) is 3.38. The first-order valence-electron chi connectivity index (χ1n) is 8.44. The number of carbonyl (C=O) groups excluding carboxylic acids is 2. The SMILES string of the molecule is COc1ccc(C2(C(=O)NCC(=O)N3CCN(C)CC3)CC2)cc1. The van der Waals surface area contributed by atoms with Crippen molar-refractivity contribution in [2.75, 3.05) is 46.9 Å². The summed E-state index contributed by atoms with van der Waals surface area (Å²) in [6.07, 6.45) is 1.65. The molecule has 0 aromatic heterocycles. The lowest BCUT2D eigenvalue weighted by molar-refractivity contribution is -0.134. The van der Waals surface area contributed by atoms with Crippen LogP contribution in [0.15, 0.2) is 24.3 Å². The van der Waals surface area contributed by atoms with E-state index >= 15 is 0 Å². The molecule has 2 aliphatic rings. The highest BCUT2D eigenvalue weighted by molar-refractivity contribution is 5.94. The molecule has 1 aliphatic carbocycles. The Morgan fingerprint density at radius 3 is 2.29 bits per heavy atom. The molecule has 1 N–H and O–H groups in total. The zero-order valence-electron chi connectivity index (χ0n) is 14.4. The number of methoxy groups -OCH3 is 1. The highest BCUT2D eigenvalue weighted by atomic mass is 16.5. The van der Waals surface area contributed by atoms with Crippen LogP contribution in [-0.4, -0.2) is 68.5 Å². The molecule has 6 nitrogen and oxygen atoms in total. The number of rotatable bonds is 5. The van der Waals surface area contributed by atoms with E-state index in [1.807, 2.05) is 29.2 Å². The van der Waals surface area contributed by atoms with Crippen molar-refractivity contribution in [3.05, 3.63) is 29.8 Å². The molecular formula is C18H25N3O3. The molecule has 1 aromatic carbocycles. The maximum Gasteiger partial charge on any atom is 0.242 e. The minimum atomic E-state index is -0.464. The van der Waals surface area contributed by atoms with Gasteiger partial charge in [0.1, 0.15) is 5.75 Å². The lowest BCUT2D eigenvalue weighted by Gasteiger charge is -2.32. The predicted molar refractivity (Wildman–Crippen MR) is 91.0 cm³/mol. The van der Waals surface area contributed by atoms with E-state index in [0.717, 1.165) is 50.3 Å².